The van der Waals surface area contributed by atoms with Gasteiger partial charge in [-0.3, -0.25) is 9.59 Å². The molecule has 0 spiro atoms. The van der Waals surface area contributed by atoms with Crippen molar-refractivity contribution in [2.24, 2.45) is 17.4 Å². The lowest BCUT2D eigenvalue weighted by Gasteiger charge is -2.26. The van der Waals surface area contributed by atoms with E-state index in [4.69, 9.17) is 40.6 Å². The van der Waals surface area contributed by atoms with Gasteiger partial charge in [-0.25, -0.2) is 9.59 Å². The molecule has 0 bridgehead atoms. The molecule has 0 aromatic heterocycles. The van der Waals surface area contributed by atoms with E-state index < -0.39 is 41.6 Å². The molecule has 5 amide bonds. The summed E-state index contributed by atoms with van der Waals surface area (Å²) in [4.78, 5) is 63.5. The lowest BCUT2D eigenvalue weighted by molar-refractivity contribution is -0.128. The normalized spacial score (nSPS) is 13.0. The first-order chi connectivity index (χ1) is 24.9. The van der Waals surface area contributed by atoms with Crippen molar-refractivity contribution in [1.82, 2.24) is 20.9 Å². The Kier molecular flexibility index (Phi) is 18.1. The lowest BCUT2D eigenvalue weighted by atomic mass is 10.00. The van der Waals surface area contributed by atoms with Gasteiger partial charge in [0.1, 0.15) is 18.7 Å². The molecule has 0 saturated carbocycles. The minimum atomic E-state index is -0.970. The third-order valence-corrected chi connectivity index (χ3v) is 8.97. The number of nitrogens with two attached hydrogens (primary N) is 2. The molecule has 3 atom stereocenters. The molecular weight excluding hydrogens is 717 g/mol. The van der Waals surface area contributed by atoms with E-state index in [2.05, 4.69) is 31.9 Å². The summed E-state index contributed by atoms with van der Waals surface area (Å²) in [6.45, 7) is 7.98. The van der Waals surface area contributed by atoms with Crippen molar-refractivity contribution in [1.29, 1.82) is 0 Å². The van der Waals surface area contributed by atoms with Crippen molar-refractivity contribution in [3.05, 3.63) is 54.1 Å². The second-order valence-electron chi connectivity index (χ2n) is 13.2. The van der Waals surface area contributed by atoms with Crippen LogP contribution in [-0.2, 0) is 25.7 Å². The molecule has 10 N–H and O–H groups in total. The molecule has 0 heterocycles. The summed E-state index contributed by atoms with van der Waals surface area (Å²) in [6, 6.07) is 11.5. The smallest absolute Gasteiger partial charge is 0.409 e. The maximum absolute atomic E-state index is 13.6. The molecule has 0 fully saturated rings. The number of primary amides is 1. The Morgan fingerprint density at radius 1 is 0.906 bits per heavy atom. The Morgan fingerprint density at radius 3 is 2.02 bits per heavy atom. The van der Waals surface area contributed by atoms with Crippen molar-refractivity contribution < 1.29 is 28.7 Å². The fraction of sp³-hybridized carbons (Fsp3) is 0.457. The van der Waals surface area contributed by atoms with Crippen LogP contribution in [0.3, 0.4) is 0 Å². The number of carbonyl (C=O) groups excluding carboxylic acids is 5. The highest BCUT2D eigenvalue weighted by molar-refractivity contribution is 7.81. The van der Waals surface area contributed by atoms with Crippen molar-refractivity contribution in [3.63, 3.8) is 0 Å². The maximum Gasteiger partial charge on any atom is 0.409 e. The molecule has 288 valence electrons. The SMILES string of the molecule is BC(=O)CCN(C)C(=O)OCc1ccc(NC(=O)[C@H](CCCNC(N)=O)NC(=O)[C@@H](NC(=S)Nc2ccc(NC(=S)C(C)(N)CC)cc2)C(C)C)cc1. The van der Waals surface area contributed by atoms with Gasteiger partial charge in [0.25, 0.3) is 0 Å². The Balaban J connectivity index is 2.05. The van der Waals surface area contributed by atoms with E-state index in [9.17, 15) is 24.0 Å². The number of thiocarbonyl (C=S) groups is 2. The number of ether oxygens (including phenoxy) is 1. The molecule has 2 aromatic rings. The number of carbonyl (C=O) groups is 5. The number of amides is 5. The van der Waals surface area contributed by atoms with Crippen LogP contribution in [0.5, 0.6) is 0 Å². The van der Waals surface area contributed by atoms with E-state index in [1.807, 2.05) is 39.8 Å². The second kappa shape index (κ2) is 21.7. The van der Waals surface area contributed by atoms with Gasteiger partial charge in [0.15, 0.2) is 13.0 Å². The fourth-order valence-corrected chi connectivity index (χ4v) is 5.06. The van der Waals surface area contributed by atoms with Crippen LogP contribution in [0.15, 0.2) is 48.5 Å². The van der Waals surface area contributed by atoms with Crippen LogP contribution in [0.25, 0.3) is 0 Å². The predicted molar refractivity (Wildman–Crippen MR) is 218 cm³/mol. The molecule has 0 aliphatic carbocycles. The van der Waals surface area contributed by atoms with E-state index >= 15 is 0 Å². The van der Waals surface area contributed by atoms with Gasteiger partial charge in [-0.2, -0.15) is 0 Å². The van der Waals surface area contributed by atoms with Crippen LogP contribution in [-0.4, -0.2) is 90.2 Å². The monoisotopic (exact) mass is 769 g/mol. The molecule has 0 aliphatic heterocycles. The zero-order valence-electron chi connectivity index (χ0n) is 31.2. The van der Waals surface area contributed by atoms with E-state index in [1.165, 1.54) is 12.7 Å². The van der Waals surface area contributed by atoms with E-state index in [0.717, 1.165) is 5.69 Å². The summed E-state index contributed by atoms with van der Waals surface area (Å²) >= 11 is 11.0. The number of urea groups is 1. The molecule has 0 aliphatic rings. The molecule has 0 radical (unpaired) electrons. The molecule has 18 heteroatoms. The van der Waals surface area contributed by atoms with Crippen LogP contribution in [0.1, 0.15) is 58.9 Å². The molecule has 15 nitrogen and oxygen atoms in total. The third-order valence-electron chi connectivity index (χ3n) is 8.19. The Hall–Kier alpha value is -4.81. The molecule has 1 unspecified atom stereocenters. The van der Waals surface area contributed by atoms with Crippen molar-refractivity contribution in [3.8, 4) is 0 Å². The fourth-order valence-electron chi connectivity index (χ4n) is 4.55. The van der Waals surface area contributed by atoms with Gasteiger partial charge in [-0.15, -0.1) is 0 Å². The highest BCUT2D eigenvalue weighted by Gasteiger charge is 2.28. The largest absolute Gasteiger partial charge is 0.445 e. The number of anilines is 3. The number of nitrogens with one attached hydrogen (secondary N) is 6. The average molecular weight is 770 g/mol. The van der Waals surface area contributed by atoms with Crippen molar-refractivity contribution >= 4 is 89.1 Å². The van der Waals surface area contributed by atoms with Gasteiger partial charge in [-0.1, -0.05) is 45.1 Å². The number of rotatable bonds is 19. The summed E-state index contributed by atoms with van der Waals surface area (Å²) in [7, 11) is 3.00. The van der Waals surface area contributed by atoms with Crippen molar-refractivity contribution in [2.45, 2.75) is 77.6 Å². The highest BCUT2D eigenvalue weighted by atomic mass is 32.1. The average Bonchev–Trinajstić information content (AvgIpc) is 3.10. The van der Waals surface area contributed by atoms with Crippen LogP contribution >= 0.6 is 24.4 Å². The van der Waals surface area contributed by atoms with E-state index in [-0.39, 0.29) is 49.3 Å². The number of benzene rings is 2. The predicted octanol–water partition coefficient (Wildman–Crippen LogP) is 2.55. The molecule has 53 heavy (non-hydrogen) atoms. The minimum Gasteiger partial charge on any atom is -0.445 e. The first kappa shape index (κ1) is 44.4. The zero-order chi connectivity index (χ0) is 39.7. The quantitative estimate of drug-likeness (QED) is 0.0587. The second-order valence-corrected chi connectivity index (χ2v) is 14.0. The summed E-state index contributed by atoms with van der Waals surface area (Å²) in [5.74, 6) is -1.15. The molecular formula is C35H52BN9O6S2. The number of hydrogen-bond acceptors (Lipinski definition) is 9. The van der Waals surface area contributed by atoms with Gasteiger partial charge in [-0.05, 0) is 86.3 Å². The number of nitrogens with zero attached hydrogens (tertiary/aromatic N) is 1. The summed E-state index contributed by atoms with van der Waals surface area (Å²) < 4.78 is 5.30. The summed E-state index contributed by atoms with van der Waals surface area (Å²) in [6.07, 6.45) is 0.906. The Morgan fingerprint density at radius 2 is 1.47 bits per heavy atom. The van der Waals surface area contributed by atoms with Gasteiger partial charge >= 0.3 is 12.1 Å². The van der Waals surface area contributed by atoms with Crippen LogP contribution in [0.4, 0.5) is 26.7 Å². The zero-order valence-corrected chi connectivity index (χ0v) is 32.8. The topological polar surface area (TPSA) is 222 Å². The Bertz CT molecular complexity index is 1590. The third kappa shape index (κ3) is 16.2. The molecule has 0 saturated heterocycles. The minimum absolute atomic E-state index is 0.00611. The van der Waals surface area contributed by atoms with Crippen molar-refractivity contribution in [2.75, 3.05) is 36.1 Å². The molecule has 2 aromatic carbocycles. The summed E-state index contributed by atoms with van der Waals surface area (Å²) in [5, 5.41) is 17.6. The lowest BCUT2D eigenvalue weighted by Crippen LogP contribution is -2.55. The maximum atomic E-state index is 13.6. The summed E-state index contributed by atoms with van der Waals surface area (Å²) in [5.41, 5.74) is 13.3. The van der Waals surface area contributed by atoms with Crippen LogP contribution in [0.2, 0.25) is 0 Å². The van der Waals surface area contributed by atoms with Gasteiger partial charge in [0, 0.05) is 43.6 Å². The van der Waals surface area contributed by atoms with E-state index in [0.29, 0.717) is 34.8 Å². The van der Waals surface area contributed by atoms with Gasteiger partial charge in [0.05, 0.1) is 16.2 Å². The van der Waals surface area contributed by atoms with Gasteiger partial charge in [0.2, 0.25) is 11.8 Å². The number of hydrogen-bond donors (Lipinski definition) is 8. The highest BCUT2D eigenvalue weighted by Crippen LogP contribution is 2.18. The first-order valence-electron chi connectivity index (χ1n) is 17.3. The van der Waals surface area contributed by atoms with Gasteiger partial charge < -0.3 is 57.8 Å². The standard InChI is InChI=1S/C35H52BN9O6S2/c1-6-35(4,38)31(52)41-24-13-15-25(16-14-24)42-33(53)44-28(21(2)3)30(48)43-26(8-7-18-39-32(37)49)29(47)40-23-11-9-22(10-12-23)20-51-34(50)45(5)19-17-27(36)46/h9-16,21,26,28H,6-8,17-20,36,38H2,1-5H3,(H,40,47)(H,41,52)(H,43,48)(H3,37,39,49)(H2,42,44,53)/t26-,28-,35?/m0/s1. The molecule has 2 rings (SSSR count). The van der Waals surface area contributed by atoms with Crippen LogP contribution < -0.4 is 43.4 Å². The van der Waals surface area contributed by atoms with Crippen LogP contribution in [0, 0.1) is 5.92 Å². The Labute approximate surface area is 322 Å². The van der Waals surface area contributed by atoms with E-state index in [1.54, 1.807) is 43.4 Å². The first-order valence-corrected chi connectivity index (χ1v) is 18.1.